The third-order valence-corrected chi connectivity index (χ3v) is 8.73. The maximum Gasteiger partial charge on any atom is 0.252 e. The van der Waals surface area contributed by atoms with E-state index in [4.69, 9.17) is 9.72 Å². The van der Waals surface area contributed by atoms with Gasteiger partial charge in [-0.3, -0.25) is 9.69 Å². The Bertz CT molecular complexity index is 1250. The average Bonchev–Trinajstić information content (AvgIpc) is 3.28. The minimum atomic E-state index is -3.46. The third-order valence-electron chi connectivity index (χ3n) is 5.86. The van der Waals surface area contributed by atoms with Gasteiger partial charge in [-0.25, -0.2) is 13.4 Å². The zero-order valence-corrected chi connectivity index (χ0v) is 21.1. The molecule has 2 heterocycles. The first-order valence-corrected chi connectivity index (χ1v) is 14.0. The van der Waals surface area contributed by atoms with Crippen molar-refractivity contribution in [2.75, 3.05) is 56.5 Å². The first-order chi connectivity index (χ1) is 16.4. The van der Waals surface area contributed by atoms with Gasteiger partial charge in [0.1, 0.15) is 5.75 Å². The third kappa shape index (κ3) is 5.51. The molecular weight excluding hydrogens is 472 g/mol. The first kappa shape index (κ1) is 24.4. The van der Waals surface area contributed by atoms with E-state index in [0.29, 0.717) is 19.7 Å². The van der Waals surface area contributed by atoms with Gasteiger partial charge in [0, 0.05) is 39.3 Å². The molecule has 1 N–H and O–H groups in total. The van der Waals surface area contributed by atoms with E-state index in [1.54, 1.807) is 36.5 Å². The number of amides is 1. The maximum atomic E-state index is 12.6. The molecule has 0 aliphatic carbocycles. The van der Waals surface area contributed by atoms with Gasteiger partial charge >= 0.3 is 0 Å². The van der Waals surface area contributed by atoms with Crippen molar-refractivity contribution in [1.29, 1.82) is 0 Å². The van der Waals surface area contributed by atoms with Crippen molar-refractivity contribution in [3.05, 3.63) is 48.0 Å². The molecule has 34 heavy (non-hydrogen) atoms. The van der Waals surface area contributed by atoms with Crippen LogP contribution in [0.15, 0.2) is 47.4 Å². The van der Waals surface area contributed by atoms with Gasteiger partial charge in [-0.15, -0.1) is 0 Å². The molecule has 10 heteroatoms. The smallest absolute Gasteiger partial charge is 0.252 e. The number of carbonyl (C=O) groups excluding carboxylic acids is 1. The van der Waals surface area contributed by atoms with Gasteiger partial charge in [-0.1, -0.05) is 30.4 Å². The summed E-state index contributed by atoms with van der Waals surface area (Å²) in [5.41, 5.74) is 1.19. The largest absolute Gasteiger partial charge is 0.494 e. The summed E-state index contributed by atoms with van der Waals surface area (Å²) in [4.78, 5) is 22.1. The Labute approximate surface area is 204 Å². The molecule has 182 valence electrons. The van der Waals surface area contributed by atoms with Crippen LogP contribution in [-0.4, -0.2) is 75.8 Å². The number of nitrogens with zero attached hydrogens (tertiary/aromatic N) is 3. The van der Waals surface area contributed by atoms with Crippen LogP contribution in [-0.2, 0) is 9.84 Å². The summed E-state index contributed by atoms with van der Waals surface area (Å²) in [6.07, 6.45) is 0. The fraction of sp³-hybridized carbons (Fsp3) is 0.417. The molecule has 4 rings (SSSR count). The highest BCUT2D eigenvalue weighted by atomic mass is 32.2. The van der Waals surface area contributed by atoms with Crippen LogP contribution in [0.4, 0.5) is 5.13 Å². The number of piperazine rings is 1. The SMILES string of the molecule is CCOc1ccc2nc(N3CCN(CCNC(=O)c4ccccc4S(=O)(=O)CC)CC3)sc2c1. The molecule has 0 spiro atoms. The second kappa shape index (κ2) is 10.7. The van der Waals surface area contributed by atoms with E-state index in [1.165, 1.54) is 6.07 Å². The molecule has 1 aliphatic rings. The zero-order chi connectivity index (χ0) is 24.1. The van der Waals surface area contributed by atoms with Crippen molar-refractivity contribution < 1.29 is 17.9 Å². The lowest BCUT2D eigenvalue weighted by atomic mass is 10.2. The van der Waals surface area contributed by atoms with Crippen LogP contribution >= 0.6 is 11.3 Å². The number of hydrogen-bond donors (Lipinski definition) is 1. The van der Waals surface area contributed by atoms with Crippen molar-refractivity contribution in [1.82, 2.24) is 15.2 Å². The van der Waals surface area contributed by atoms with Crippen LogP contribution in [0.5, 0.6) is 5.75 Å². The van der Waals surface area contributed by atoms with E-state index in [-0.39, 0.29) is 22.1 Å². The van der Waals surface area contributed by atoms with Gasteiger partial charge in [0.2, 0.25) is 0 Å². The summed E-state index contributed by atoms with van der Waals surface area (Å²) >= 11 is 1.68. The van der Waals surface area contributed by atoms with E-state index in [2.05, 4.69) is 15.1 Å². The Morgan fingerprint density at radius 3 is 2.62 bits per heavy atom. The fourth-order valence-corrected chi connectivity index (χ4v) is 6.09. The van der Waals surface area contributed by atoms with Crippen LogP contribution in [0, 0.1) is 0 Å². The van der Waals surface area contributed by atoms with E-state index in [0.717, 1.165) is 47.3 Å². The van der Waals surface area contributed by atoms with Gasteiger partial charge in [0.05, 0.1) is 33.0 Å². The Balaban J connectivity index is 1.28. The molecule has 1 saturated heterocycles. The molecule has 2 aromatic carbocycles. The lowest BCUT2D eigenvalue weighted by Crippen LogP contribution is -2.48. The van der Waals surface area contributed by atoms with Gasteiger partial charge in [0.25, 0.3) is 5.91 Å². The Kier molecular flexibility index (Phi) is 7.70. The summed E-state index contributed by atoms with van der Waals surface area (Å²) in [6, 6.07) is 12.4. The fourth-order valence-electron chi connectivity index (χ4n) is 3.95. The van der Waals surface area contributed by atoms with Gasteiger partial charge in [-0.2, -0.15) is 0 Å². The van der Waals surface area contributed by atoms with E-state index >= 15 is 0 Å². The molecule has 1 aromatic heterocycles. The predicted octanol–water partition coefficient (Wildman–Crippen LogP) is 3.04. The molecule has 1 fully saturated rings. The lowest BCUT2D eigenvalue weighted by Gasteiger charge is -2.34. The minimum Gasteiger partial charge on any atom is -0.494 e. The number of aromatic nitrogens is 1. The number of benzene rings is 2. The molecule has 1 amide bonds. The Hall–Kier alpha value is -2.69. The quantitative estimate of drug-likeness (QED) is 0.481. The van der Waals surface area contributed by atoms with Gasteiger partial charge < -0.3 is 15.0 Å². The van der Waals surface area contributed by atoms with Crippen molar-refractivity contribution in [2.24, 2.45) is 0 Å². The predicted molar refractivity (Wildman–Crippen MR) is 136 cm³/mol. The van der Waals surface area contributed by atoms with Crippen molar-refractivity contribution in [2.45, 2.75) is 18.7 Å². The molecular formula is C24H30N4O4S2. The summed E-state index contributed by atoms with van der Waals surface area (Å²) in [5, 5.41) is 3.90. The normalized spacial score (nSPS) is 14.9. The van der Waals surface area contributed by atoms with E-state index in [9.17, 15) is 13.2 Å². The number of fused-ring (bicyclic) bond motifs is 1. The Morgan fingerprint density at radius 2 is 1.88 bits per heavy atom. The molecule has 0 bridgehead atoms. The summed E-state index contributed by atoms with van der Waals surface area (Å²) in [7, 11) is -3.46. The number of sulfone groups is 1. The minimum absolute atomic E-state index is 0.0378. The summed E-state index contributed by atoms with van der Waals surface area (Å²) in [5.74, 6) is 0.475. The first-order valence-electron chi connectivity index (χ1n) is 11.5. The zero-order valence-electron chi connectivity index (χ0n) is 19.5. The van der Waals surface area contributed by atoms with Crippen LogP contribution in [0.25, 0.3) is 10.2 Å². The number of ether oxygens (including phenoxy) is 1. The van der Waals surface area contributed by atoms with Crippen molar-refractivity contribution in [3.8, 4) is 5.75 Å². The molecule has 3 aromatic rings. The van der Waals surface area contributed by atoms with E-state index in [1.807, 2.05) is 25.1 Å². The molecule has 1 aliphatic heterocycles. The second-order valence-electron chi connectivity index (χ2n) is 8.04. The standard InChI is InChI=1S/C24H30N4O4S2/c1-3-32-18-9-10-20-21(17-18)33-24(26-20)28-15-13-27(14-16-28)12-11-25-23(29)19-7-5-6-8-22(19)34(30,31)4-2/h5-10,17H,3-4,11-16H2,1-2H3,(H,25,29). The molecule has 0 radical (unpaired) electrons. The lowest BCUT2D eigenvalue weighted by molar-refractivity contribution is 0.0944. The number of thiazole rings is 1. The highest BCUT2D eigenvalue weighted by Gasteiger charge is 2.22. The maximum absolute atomic E-state index is 12.6. The van der Waals surface area contributed by atoms with Crippen LogP contribution in [0.3, 0.4) is 0 Å². The highest BCUT2D eigenvalue weighted by Crippen LogP contribution is 2.32. The average molecular weight is 503 g/mol. The summed E-state index contributed by atoms with van der Waals surface area (Å²) < 4.78 is 31.3. The number of carbonyl (C=O) groups is 1. The second-order valence-corrected chi connectivity index (χ2v) is 11.3. The molecule has 8 nitrogen and oxygen atoms in total. The van der Waals surface area contributed by atoms with Crippen molar-refractivity contribution in [3.63, 3.8) is 0 Å². The Morgan fingerprint density at radius 1 is 1.12 bits per heavy atom. The number of nitrogens with one attached hydrogen (secondary N) is 1. The number of hydrogen-bond acceptors (Lipinski definition) is 8. The van der Waals surface area contributed by atoms with Crippen LogP contribution in [0.2, 0.25) is 0 Å². The van der Waals surface area contributed by atoms with Gasteiger partial charge in [-0.05, 0) is 37.3 Å². The molecule has 0 saturated carbocycles. The number of anilines is 1. The van der Waals surface area contributed by atoms with E-state index < -0.39 is 9.84 Å². The number of rotatable bonds is 9. The van der Waals surface area contributed by atoms with Gasteiger partial charge in [0.15, 0.2) is 15.0 Å². The monoisotopic (exact) mass is 502 g/mol. The topological polar surface area (TPSA) is 91.8 Å². The molecule has 0 unspecified atom stereocenters. The van der Waals surface area contributed by atoms with Crippen molar-refractivity contribution >= 4 is 42.4 Å². The highest BCUT2D eigenvalue weighted by molar-refractivity contribution is 7.91. The summed E-state index contributed by atoms with van der Waals surface area (Å²) in [6.45, 7) is 8.84. The molecule has 0 atom stereocenters. The van der Waals surface area contributed by atoms with Crippen LogP contribution < -0.4 is 15.0 Å². The van der Waals surface area contributed by atoms with Crippen LogP contribution in [0.1, 0.15) is 24.2 Å².